The molecule has 0 aliphatic heterocycles. The molecular formula is C10H19N3S. The topological polar surface area (TPSA) is 28.2 Å². The van der Waals surface area contributed by atoms with Gasteiger partial charge in [-0.3, -0.25) is 0 Å². The van der Waals surface area contributed by atoms with Gasteiger partial charge in [0.05, 0.1) is 0 Å². The molecule has 3 nitrogen and oxygen atoms in total. The van der Waals surface area contributed by atoms with Crippen molar-refractivity contribution in [3.8, 4) is 0 Å². The Bertz CT molecular complexity index is 268. The van der Waals surface area contributed by atoms with Gasteiger partial charge in [0.1, 0.15) is 5.01 Å². The van der Waals surface area contributed by atoms with E-state index in [2.05, 4.69) is 43.1 Å². The lowest BCUT2D eigenvalue weighted by molar-refractivity contribution is 0.401. The molecule has 0 saturated carbocycles. The molecule has 0 spiro atoms. The molecule has 0 radical (unpaired) electrons. The average molecular weight is 213 g/mol. The van der Waals surface area contributed by atoms with Crippen molar-refractivity contribution in [2.45, 2.75) is 33.0 Å². The molecule has 0 unspecified atom stereocenters. The van der Waals surface area contributed by atoms with Crippen molar-refractivity contribution in [2.75, 3.05) is 14.1 Å². The van der Waals surface area contributed by atoms with Crippen LogP contribution in [0.25, 0.3) is 0 Å². The third-order valence-electron chi connectivity index (χ3n) is 1.74. The minimum atomic E-state index is 0.536. The summed E-state index contributed by atoms with van der Waals surface area (Å²) in [5.41, 5.74) is 0. The van der Waals surface area contributed by atoms with Crippen LogP contribution in [0.2, 0.25) is 0 Å². The van der Waals surface area contributed by atoms with Crippen molar-refractivity contribution in [2.24, 2.45) is 0 Å². The summed E-state index contributed by atoms with van der Waals surface area (Å²) in [5.74, 6) is 0. The molecule has 1 rings (SSSR count). The molecule has 0 aliphatic carbocycles. The Labute approximate surface area is 90.2 Å². The largest absolute Gasteiger partial charge is 0.310 e. The van der Waals surface area contributed by atoms with Crippen molar-refractivity contribution in [3.05, 3.63) is 16.1 Å². The predicted octanol–water partition coefficient (Wildman–Crippen LogP) is 1.70. The van der Waals surface area contributed by atoms with Gasteiger partial charge in [-0.15, -0.1) is 11.3 Å². The van der Waals surface area contributed by atoms with E-state index in [0.717, 1.165) is 13.1 Å². The first kappa shape index (κ1) is 11.6. The van der Waals surface area contributed by atoms with Gasteiger partial charge in [-0.2, -0.15) is 0 Å². The number of thiazole rings is 1. The number of nitrogens with one attached hydrogen (secondary N) is 1. The first-order valence-corrected chi connectivity index (χ1v) is 5.71. The highest BCUT2D eigenvalue weighted by molar-refractivity contribution is 7.11. The molecule has 1 aromatic heterocycles. The lowest BCUT2D eigenvalue weighted by atomic mass is 10.4. The molecule has 0 fully saturated rings. The second-order valence-electron chi connectivity index (χ2n) is 3.99. The lowest BCUT2D eigenvalue weighted by Gasteiger charge is -2.06. The number of rotatable bonds is 5. The fourth-order valence-corrected chi connectivity index (χ4v) is 2.07. The SMILES string of the molecule is CC(C)NCc1cnc(CN(C)C)s1. The van der Waals surface area contributed by atoms with Gasteiger partial charge in [0.2, 0.25) is 0 Å². The Morgan fingerprint density at radius 2 is 2.21 bits per heavy atom. The third kappa shape index (κ3) is 4.17. The quantitative estimate of drug-likeness (QED) is 0.807. The van der Waals surface area contributed by atoms with Crippen molar-refractivity contribution in [1.82, 2.24) is 15.2 Å². The third-order valence-corrected chi connectivity index (χ3v) is 2.72. The van der Waals surface area contributed by atoms with E-state index in [-0.39, 0.29) is 0 Å². The highest BCUT2D eigenvalue weighted by Gasteiger charge is 2.03. The number of hydrogen-bond donors (Lipinski definition) is 1. The van der Waals surface area contributed by atoms with Crippen LogP contribution in [0.3, 0.4) is 0 Å². The van der Waals surface area contributed by atoms with Crippen LogP contribution in [-0.2, 0) is 13.1 Å². The van der Waals surface area contributed by atoms with Crippen LogP contribution < -0.4 is 5.32 Å². The zero-order valence-electron chi connectivity index (χ0n) is 9.37. The molecule has 14 heavy (non-hydrogen) atoms. The minimum absolute atomic E-state index is 0.536. The summed E-state index contributed by atoms with van der Waals surface area (Å²) in [4.78, 5) is 7.82. The van der Waals surface area contributed by atoms with Crippen molar-refractivity contribution in [3.63, 3.8) is 0 Å². The van der Waals surface area contributed by atoms with E-state index in [9.17, 15) is 0 Å². The van der Waals surface area contributed by atoms with Gasteiger partial charge in [0, 0.05) is 30.2 Å². The summed E-state index contributed by atoms with van der Waals surface area (Å²) in [7, 11) is 4.13. The highest BCUT2D eigenvalue weighted by atomic mass is 32.1. The molecule has 0 aliphatic rings. The van der Waals surface area contributed by atoms with E-state index in [1.165, 1.54) is 9.88 Å². The zero-order chi connectivity index (χ0) is 10.6. The van der Waals surface area contributed by atoms with Crippen molar-refractivity contribution < 1.29 is 0 Å². The predicted molar refractivity (Wildman–Crippen MR) is 61.5 cm³/mol. The molecule has 1 N–H and O–H groups in total. The molecule has 4 heteroatoms. The van der Waals surface area contributed by atoms with Gasteiger partial charge in [0.25, 0.3) is 0 Å². The Morgan fingerprint density at radius 3 is 2.79 bits per heavy atom. The van der Waals surface area contributed by atoms with Crippen LogP contribution in [0.1, 0.15) is 23.7 Å². The average Bonchev–Trinajstić information content (AvgIpc) is 2.47. The lowest BCUT2D eigenvalue weighted by Crippen LogP contribution is -2.21. The number of nitrogens with zero attached hydrogens (tertiary/aromatic N) is 2. The van der Waals surface area contributed by atoms with Crippen LogP contribution in [0.15, 0.2) is 6.20 Å². The molecule has 1 heterocycles. The first-order valence-electron chi connectivity index (χ1n) is 4.89. The van der Waals surface area contributed by atoms with Gasteiger partial charge in [-0.25, -0.2) is 4.98 Å². The molecule has 0 atom stereocenters. The molecule has 0 saturated heterocycles. The summed E-state index contributed by atoms with van der Waals surface area (Å²) >= 11 is 1.79. The maximum Gasteiger partial charge on any atom is 0.107 e. The van der Waals surface area contributed by atoms with E-state index in [1.807, 2.05) is 6.20 Å². The fraction of sp³-hybridized carbons (Fsp3) is 0.700. The van der Waals surface area contributed by atoms with Crippen LogP contribution in [-0.4, -0.2) is 30.0 Å². The summed E-state index contributed by atoms with van der Waals surface area (Å²) < 4.78 is 0. The summed E-state index contributed by atoms with van der Waals surface area (Å²) in [5, 5.41) is 4.58. The maximum atomic E-state index is 4.37. The molecular weight excluding hydrogens is 194 g/mol. The highest BCUT2D eigenvalue weighted by Crippen LogP contribution is 2.13. The minimum Gasteiger partial charge on any atom is -0.310 e. The fourth-order valence-electron chi connectivity index (χ4n) is 1.08. The smallest absolute Gasteiger partial charge is 0.107 e. The van der Waals surface area contributed by atoms with Crippen molar-refractivity contribution in [1.29, 1.82) is 0 Å². The monoisotopic (exact) mass is 213 g/mol. The van der Waals surface area contributed by atoms with Crippen LogP contribution in [0.4, 0.5) is 0 Å². The molecule has 0 bridgehead atoms. The van der Waals surface area contributed by atoms with E-state index in [4.69, 9.17) is 0 Å². The van der Waals surface area contributed by atoms with E-state index in [0.29, 0.717) is 6.04 Å². The molecule has 1 aromatic rings. The van der Waals surface area contributed by atoms with E-state index >= 15 is 0 Å². The Kier molecular flexibility index (Phi) is 4.51. The summed E-state index contributed by atoms with van der Waals surface area (Å²) in [6.45, 7) is 6.18. The normalized spacial score (nSPS) is 11.6. The van der Waals surface area contributed by atoms with E-state index in [1.54, 1.807) is 11.3 Å². The standard InChI is InChI=1S/C10H19N3S/c1-8(2)11-5-9-6-12-10(14-9)7-13(3)4/h6,8,11H,5,7H2,1-4H3. The molecule has 80 valence electrons. The van der Waals surface area contributed by atoms with E-state index < -0.39 is 0 Å². The van der Waals surface area contributed by atoms with Gasteiger partial charge in [-0.05, 0) is 14.1 Å². The summed E-state index contributed by atoms with van der Waals surface area (Å²) in [6, 6.07) is 0.536. The van der Waals surface area contributed by atoms with Gasteiger partial charge in [-0.1, -0.05) is 13.8 Å². The Morgan fingerprint density at radius 1 is 1.50 bits per heavy atom. The van der Waals surface area contributed by atoms with Gasteiger partial charge < -0.3 is 10.2 Å². The second-order valence-corrected chi connectivity index (χ2v) is 5.19. The number of aromatic nitrogens is 1. The molecule has 0 aromatic carbocycles. The zero-order valence-corrected chi connectivity index (χ0v) is 10.2. The maximum absolute atomic E-state index is 4.37. The number of hydrogen-bond acceptors (Lipinski definition) is 4. The first-order chi connectivity index (χ1) is 6.58. The van der Waals surface area contributed by atoms with Crippen molar-refractivity contribution >= 4 is 11.3 Å². The Balaban J connectivity index is 2.42. The van der Waals surface area contributed by atoms with Gasteiger partial charge >= 0.3 is 0 Å². The molecule has 0 amide bonds. The second kappa shape index (κ2) is 5.44. The van der Waals surface area contributed by atoms with Gasteiger partial charge in [0.15, 0.2) is 0 Å². The Hall–Kier alpha value is -0.450. The van der Waals surface area contributed by atoms with Crippen LogP contribution in [0.5, 0.6) is 0 Å². The summed E-state index contributed by atoms with van der Waals surface area (Å²) in [6.07, 6.45) is 1.97. The van der Waals surface area contributed by atoms with Crippen LogP contribution in [0, 0.1) is 0 Å². The van der Waals surface area contributed by atoms with Crippen LogP contribution >= 0.6 is 11.3 Å².